The zero-order valence-corrected chi connectivity index (χ0v) is 11.3. The molecule has 2 rings (SSSR count). The molecule has 104 valence electrons. The number of aromatic carboxylic acids is 1. The average molecular weight is 273 g/mol. The van der Waals surface area contributed by atoms with E-state index in [9.17, 15) is 4.79 Å². The summed E-state index contributed by atoms with van der Waals surface area (Å²) in [5.41, 5.74) is 1.83. The van der Waals surface area contributed by atoms with Crippen molar-refractivity contribution in [2.75, 3.05) is 7.11 Å². The van der Waals surface area contributed by atoms with E-state index in [1.807, 2.05) is 25.1 Å². The highest BCUT2D eigenvalue weighted by molar-refractivity contribution is 5.88. The number of carbonyl (C=O) groups is 1. The smallest absolute Gasteiger partial charge is 0.358 e. The van der Waals surface area contributed by atoms with Crippen LogP contribution in [0.2, 0.25) is 0 Å². The van der Waals surface area contributed by atoms with Gasteiger partial charge in [0.25, 0.3) is 0 Å². The van der Waals surface area contributed by atoms with Gasteiger partial charge in [0.2, 0.25) is 0 Å². The number of hydrogen-bond acceptors (Lipinski definition) is 4. The number of carboxylic acids is 1. The normalized spacial score (nSPS) is 10.1. The molecule has 20 heavy (non-hydrogen) atoms. The maximum absolute atomic E-state index is 11.0. The van der Waals surface area contributed by atoms with Crippen molar-refractivity contribution in [1.29, 1.82) is 0 Å². The van der Waals surface area contributed by atoms with Gasteiger partial charge in [-0.15, -0.1) is 0 Å². The summed E-state index contributed by atoms with van der Waals surface area (Å²) in [6.07, 6.45) is 1.42. The SMILES string of the molecule is COc1ccc(C)cc1COc1cccnc1C(=O)O. The molecule has 1 aromatic carbocycles. The van der Waals surface area contributed by atoms with Gasteiger partial charge in [-0.25, -0.2) is 9.78 Å². The number of pyridine rings is 1. The van der Waals surface area contributed by atoms with Crippen LogP contribution in [0.15, 0.2) is 36.5 Å². The van der Waals surface area contributed by atoms with Gasteiger partial charge in [0.15, 0.2) is 11.4 Å². The zero-order chi connectivity index (χ0) is 14.5. The molecule has 1 aromatic heterocycles. The van der Waals surface area contributed by atoms with Gasteiger partial charge in [-0.3, -0.25) is 0 Å². The number of benzene rings is 1. The summed E-state index contributed by atoms with van der Waals surface area (Å²) in [5, 5.41) is 9.04. The van der Waals surface area contributed by atoms with E-state index >= 15 is 0 Å². The lowest BCUT2D eigenvalue weighted by atomic mass is 10.1. The predicted molar refractivity (Wildman–Crippen MR) is 73.3 cm³/mol. The fourth-order valence-electron chi connectivity index (χ4n) is 1.84. The van der Waals surface area contributed by atoms with Gasteiger partial charge >= 0.3 is 5.97 Å². The van der Waals surface area contributed by atoms with E-state index in [4.69, 9.17) is 14.6 Å². The summed E-state index contributed by atoms with van der Waals surface area (Å²) in [4.78, 5) is 14.8. The van der Waals surface area contributed by atoms with Crippen LogP contribution in [0.25, 0.3) is 0 Å². The summed E-state index contributed by atoms with van der Waals surface area (Å²) < 4.78 is 10.8. The van der Waals surface area contributed by atoms with Crippen LogP contribution >= 0.6 is 0 Å². The maximum Gasteiger partial charge on any atom is 0.358 e. The Hall–Kier alpha value is -2.56. The van der Waals surface area contributed by atoms with Crippen molar-refractivity contribution in [3.63, 3.8) is 0 Å². The predicted octanol–water partition coefficient (Wildman–Crippen LogP) is 2.68. The van der Waals surface area contributed by atoms with Crippen LogP contribution in [0.4, 0.5) is 0 Å². The van der Waals surface area contributed by atoms with Crippen LogP contribution in [0.1, 0.15) is 21.6 Å². The molecule has 0 aliphatic carbocycles. The Labute approximate surface area is 116 Å². The molecule has 0 unspecified atom stereocenters. The first-order valence-corrected chi connectivity index (χ1v) is 6.06. The molecule has 5 nitrogen and oxygen atoms in total. The van der Waals surface area contributed by atoms with Crippen LogP contribution in [-0.4, -0.2) is 23.2 Å². The summed E-state index contributed by atoms with van der Waals surface area (Å²) in [5.74, 6) is -0.170. The van der Waals surface area contributed by atoms with Crippen LogP contribution in [0, 0.1) is 6.92 Å². The third-order valence-corrected chi connectivity index (χ3v) is 2.79. The molecule has 0 fully saturated rings. The van der Waals surface area contributed by atoms with Crippen molar-refractivity contribution in [1.82, 2.24) is 4.98 Å². The molecule has 2 aromatic rings. The first kappa shape index (κ1) is 13.9. The van der Waals surface area contributed by atoms with Gasteiger partial charge in [-0.2, -0.15) is 0 Å². The molecule has 0 amide bonds. The number of ether oxygens (including phenoxy) is 2. The van der Waals surface area contributed by atoms with Gasteiger partial charge in [0.05, 0.1) is 7.11 Å². The molecule has 0 saturated carbocycles. The second-order valence-electron chi connectivity index (χ2n) is 4.26. The zero-order valence-electron chi connectivity index (χ0n) is 11.3. The fourth-order valence-corrected chi connectivity index (χ4v) is 1.84. The molecular weight excluding hydrogens is 258 g/mol. The minimum Gasteiger partial charge on any atom is -0.496 e. The van der Waals surface area contributed by atoms with Crippen molar-refractivity contribution in [3.8, 4) is 11.5 Å². The molecule has 0 aliphatic heterocycles. The van der Waals surface area contributed by atoms with Crippen LogP contribution in [0.5, 0.6) is 11.5 Å². The Kier molecular flexibility index (Phi) is 4.20. The largest absolute Gasteiger partial charge is 0.496 e. The second kappa shape index (κ2) is 6.06. The third-order valence-electron chi connectivity index (χ3n) is 2.79. The van der Waals surface area contributed by atoms with E-state index in [1.54, 1.807) is 19.2 Å². The lowest BCUT2D eigenvalue weighted by Crippen LogP contribution is -2.06. The first-order chi connectivity index (χ1) is 9.61. The average Bonchev–Trinajstić information content (AvgIpc) is 2.45. The molecular formula is C15H15NO4. The lowest BCUT2D eigenvalue weighted by Gasteiger charge is -2.12. The van der Waals surface area contributed by atoms with Crippen molar-refractivity contribution in [3.05, 3.63) is 53.3 Å². The Morgan fingerprint density at radius 1 is 1.30 bits per heavy atom. The topological polar surface area (TPSA) is 68.7 Å². The number of rotatable bonds is 5. The van der Waals surface area contributed by atoms with Crippen molar-refractivity contribution in [2.45, 2.75) is 13.5 Å². The molecule has 1 N–H and O–H groups in total. The number of hydrogen-bond donors (Lipinski definition) is 1. The quantitative estimate of drug-likeness (QED) is 0.907. The standard InChI is InChI=1S/C15H15NO4/c1-10-5-6-12(19-2)11(8-10)9-20-13-4-3-7-16-14(13)15(17)18/h3-8H,9H2,1-2H3,(H,17,18). The number of aromatic nitrogens is 1. The van der Waals surface area contributed by atoms with Crippen LogP contribution in [0.3, 0.4) is 0 Å². The third kappa shape index (κ3) is 3.06. The molecule has 0 bridgehead atoms. The minimum absolute atomic E-state index is 0.0980. The monoisotopic (exact) mass is 273 g/mol. The van der Waals surface area contributed by atoms with Crippen molar-refractivity contribution < 1.29 is 19.4 Å². The Balaban J connectivity index is 2.21. The molecule has 0 atom stereocenters. The molecule has 0 saturated heterocycles. The highest BCUT2D eigenvalue weighted by Gasteiger charge is 2.13. The fraction of sp³-hybridized carbons (Fsp3) is 0.200. The molecule has 0 radical (unpaired) electrons. The summed E-state index contributed by atoms with van der Waals surface area (Å²) in [7, 11) is 1.58. The lowest BCUT2D eigenvalue weighted by molar-refractivity contribution is 0.0685. The first-order valence-electron chi connectivity index (χ1n) is 6.06. The summed E-state index contributed by atoms with van der Waals surface area (Å²) >= 11 is 0. The van der Waals surface area contributed by atoms with Gasteiger partial charge in [0.1, 0.15) is 12.4 Å². The number of nitrogens with zero attached hydrogens (tertiary/aromatic N) is 1. The van der Waals surface area contributed by atoms with E-state index in [1.165, 1.54) is 6.20 Å². The molecule has 1 heterocycles. The Morgan fingerprint density at radius 3 is 2.80 bits per heavy atom. The van der Waals surface area contributed by atoms with Gasteiger partial charge in [-0.05, 0) is 31.2 Å². The Morgan fingerprint density at radius 2 is 2.10 bits per heavy atom. The summed E-state index contributed by atoms with van der Waals surface area (Å²) in [6.45, 7) is 2.19. The minimum atomic E-state index is -1.11. The van der Waals surface area contributed by atoms with E-state index < -0.39 is 5.97 Å². The van der Waals surface area contributed by atoms with Crippen LogP contribution in [-0.2, 0) is 6.61 Å². The van der Waals surface area contributed by atoms with Crippen LogP contribution < -0.4 is 9.47 Å². The van der Waals surface area contributed by atoms with E-state index in [0.29, 0.717) is 5.75 Å². The molecule has 0 spiro atoms. The molecule has 0 aliphatic rings. The highest BCUT2D eigenvalue weighted by atomic mass is 16.5. The van der Waals surface area contributed by atoms with Gasteiger partial charge in [-0.1, -0.05) is 11.6 Å². The number of aryl methyl sites for hydroxylation is 1. The van der Waals surface area contributed by atoms with E-state index in [-0.39, 0.29) is 18.1 Å². The molecule has 5 heteroatoms. The van der Waals surface area contributed by atoms with Gasteiger partial charge in [0, 0.05) is 11.8 Å². The summed E-state index contributed by atoms with van der Waals surface area (Å²) in [6, 6.07) is 8.95. The van der Waals surface area contributed by atoms with E-state index in [0.717, 1.165) is 11.1 Å². The second-order valence-corrected chi connectivity index (χ2v) is 4.26. The van der Waals surface area contributed by atoms with Gasteiger partial charge < -0.3 is 14.6 Å². The number of carboxylic acid groups (broad SMARTS) is 1. The Bertz CT molecular complexity index is 625. The highest BCUT2D eigenvalue weighted by Crippen LogP contribution is 2.23. The number of methoxy groups -OCH3 is 1. The maximum atomic E-state index is 11.0. The van der Waals surface area contributed by atoms with E-state index in [2.05, 4.69) is 4.98 Å². The van der Waals surface area contributed by atoms with Crippen molar-refractivity contribution >= 4 is 5.97 Å². The van der Waals surface area contributed by atoms with Crippen molar-refractivity contribution in [2.24, 2.45) is 0 Å².